The summed E-state index contributed by atoms with van der Waals surface area (Å²) in [5.41, 5.74) is 1.91. The Morgan fingerprint density at radius 2 is 1.58 bits per heavy atom. The number of ether oxygens (including phenoxy) is 5. The molecule has 4 rings (SSSR count). The van der Waals surface area contributed by atoms with Crippen LogP contribution in [-0.2, 0) is 0 Å². The molecule has 0 aliphatic carbocycles. The normalized spacial score (nSPS) is 11.0. The second kappa shape index (κ2) is 11.6. The summed E-state index contributed by atoms with van der Waals surface area (Å²) in [5, 5.41) is 0.600. The van der Waals surface area contributed by atoms with E-state index in [-0.39, 0.29) is 11.5 Å². The highest BCUT2D eigenvalue weighted by Crippen LogP contribution is 2.33. The largest absolute Gasteiger partial charge is 0.497 e. The number of carbonyl (C=O) groups is 2. The van der Waals surface area contributed by atoms with Crippen LogP contribution in [0.1, 0.15) is 39.0 Å². The summed E-state index contributed by atoms with van der Waals surface area (Å²) in [6, 6.07) is 15.3. The van der Waals surface area contributed by atoms with Crippen LogP contribution >= 0.6 is 0 Å². The van der Waals surface area contributed by atoms with Gasteiger partial charge in [-0.05, 0) is 74.0 Å². The van der Waals surface area contributed by atoms with Crippen LogP contribution in [0.25, 0.3) is 17.0 Å². The van der Waals surface area contributed by atoms with Crippen molar-refractivity contribution in [1.29, 1.82) is 0 Å². The molecule has 0 amide bonds. The molecule has 196 valence electrons. The van der Waals surface area contributed by atoms with Gasteiger partial charge in [0.05, 0.1) is 33.5 Å². The molecule has 0 atom stereocenters. The summed E-state index contributed by atoms with van der Waals surface area (Å²) < 4.78 is 33.0. The molecular weight excluding hydrogens is 488 g/mol. The minimum Gasteiger partial charge on any atom is -0.497 e. The number of fused-ring (bicyclic) bond motifs is 1. The predicted octanol–water partition coefficient (Wildman–Crippen LogP) is 6.28. The number of furan rings is 1. The van der Waals surface area contributed by atoms with Gasteiger partial charge in [0.15, 0.2) is 17.3 Å². The Morgan fingerprint density at radius 3 is 2.29 bits per heavy atom. The van der Waals surface area contributed by atoms with Crippen LogP contribution in [0.3, 0.4) is 0 Å². The molecule has 0 aliphatic heterocycles. The Bertz CT molecular complexity index is 1510. The van der Waals surface area contributed by atoms with Gasteiger partial charge in [-0.1, -0.05) is 12.1 Å². The fourth-order valence-electron chi connectivity index (χ4n) is 4.00. The van der Waals surface area contributed by atoms with E-state index in [1.165, 1.54) is 27.4 Å². The Labute approximate surface area is 220 Å². The average Bonchev–Trinajstić information content (AvgIpc) is 3.26. The lowest BCUT2D eigenvalue weighted by atomic mass is 10.1. The van der Waals surface area contributed by atoms with E-state index in [2.05, 4.69) is 0 Å². The van der Waals surface area contributed by atoms with Crippen LogP contribution in [0.4, 0.5) is 0 Å². The Morgan fingerprint density at radius 1 is 0.842 bits per heavy atom. The van der Waals surface area contributed by atoms with Gasteiger partial charge in [0.2, 0.25) is 0 Å². The number of benzene rings is 3. The molecule has 1 aromatic heterocycles. The third-order valence-corrected chi connectivity index (χ3v) is 5.84. The number of methoxy groups -OCH3 is 3. The number of carbonyl (C=O) groups excluding carboxylic acids is 2. The number of aryl methyl sites for hydroxylation is 1. The molecule has 0 spiro atoms. The van der Waals surface area contributed by atoms with Gasteiger partial charge in [-0.2, -0.15) is 0 Å². The van der Waals surface area contributed by atoms with Gasteiger partial charge >= 0.3 is 5.97 Å². The molecule has 38 heavy (non-hydrogen) atoms. The SMILES string of the molecule is CCOc1ccc2oc(C)c(C(=O)Oc3ccc(/C=C/C(=O)c4cc(OC)ccc4OC)cc3OC)c2c1. The molecule has 0 bridgehead atoms. The summed E-state index contributed by atoms with van der Waals surface area (Å²) in [6.45, 7) is 4.09. The lowest BCUT2D eigenvalue weighted by Gasteiger charge is -2.10. The van der Waals surface area contributed by atoms with Gasteiger partial charge in [0.1, 0.15) is 34.2 Å². The maximum atomic E-state index is 13.2. The van der Waals surface area contributed by atoms with Gasteiger partial charge in [-0.25, -0.2) is 4.79 Å². The zero-order chi connectivity index (χ0) is 27.2. The van der Waals surface area contributed by atoms with Crippen molar-refractivity contribution < 1.29 is 37.7 Å². The summed E-state index contributed by atoms with van der Waals surface area (Å²) >= 11 is 0. The van der Waals surface area contributed by atoms with Gasteiger partial charge < -0.3 is 28.1 Å². The molecule has 0 unspecified atom stereocenters. The first-order chi connectivity index (χ1) is 18.4. The molecule has 8 heteroatoms. The van der Waals surface area contributed by atoms with Crippen molar-refractivity contribution in [1.82, 2.24) is 0 Å². The van der Waals surface area contributed by atoms with E-state index >= 15 is 0 Å². The maximum absolute atomic E-state index is 13.2. The average molecular weight is 517 g/mol. The first-order valence-electron chi connectivity index (χ1n) is 11.9. The molecule has 0 fully saturated rings. The minimum atomic E-state index is -0.586. The molecule has 0 saturated carbocycles. The van der Waals surface area contributed by atoms with Crippen molar-refractivity contribution in [3.05, 3.63) is 83.1 Å². The Hall–Kier alpha value is -4.72. The minimum absolute atomic E-state index is 0.227. The number of hydrogen-bond donors (Lipinski definition) is 0. The van der Waals surface area contributed by atoms with E-state index in [1.807, 2.05) is 6.92 Å². The molecule has 1 heterocycles. The molecule has 0 N–H and O–H groups in total. The van der Waals surface area contributed by atoms with E-state index in [0.29, 0.717) is 63.0 Å². The molecular formula is C30H28O8. The van der Waals surface area contributed by atoms with Crippen molar-refractivity contribution in [3.8, 4) is 28.7 Å². The first-order valence-corrected chi connectivity index (χ1v) is 11.9. The number of esters is 1. The van der Waals surface area contributed by atoms with Crippen molar-refractivity contribution >= 4 is 28.8 Å². The maximum Gasteiger partial charge on any atom is 0.347 e. The smallest absolute Gasteiger partial charge is 0.347 e. The zero-order valence-electron chi connectivity index (χ0n) is 21.8. The fourth-order valence-corrected chi connectivity index (χ4v) is 4.00. The summed E-state index contributed by atoms with van der Waals surface area (Å²) in [5.74, 6) is 1.76. The van der Waals surface area contributed by atoms with Crippen LogP contribution in [0.15, 0.2) is 65.1 Å². The third-order valence-electron chi connectivity index (χ3n) is 5.84. The standard InChI is InChI=1S/C30H28O8/c1-6-36-21-10-14-26-23(17-21)29(18(2)37-26)30(32)38-27-12-8-19(15-28(27)35-5)7-11-24(31)22-16-20(33-3)9-13-25(22)34-4/h7-17H,6H2,1-5H3/b11-7+. The van der Waals surface area contributed by atoms with E-state index < -0.39 is 5.97 Å². The van der Waals surface area contributed by atoms with Gasteiger partial charge in [-0.3, -0.25) is 4.79 Å². The highest BCUT2D eigenvalue weighted by Gasteiger charge is 2.22. The number of allylic oxidation sites excluding steroid dienone is 1. The lowest BCUT2D eigenvalue weighted by Crippen LogP contribution is -2.10. The van der Waals surface area contributed by atoms with Crippen molar-refractivity contribution in [3.63, 3.8) is 0 Å². The van der Waals surface area contributed by atoms with E-state index in [0.717, 1.165) is 0 Å². The summed E-state index contributed by atoms with van der Waals surface area (Å²) in [4.78, 5) is 26.0. The molecule has 8 nitrogen and oxygen atoms in total. The zero-order valence-corrected chi connectivity index (χ0v) is 21.8. The highest BCUT2D eigenvalue weighted by atomic mass is 16.6. The second-order valence-corrected chi connectivity index (χ2v) is 8.19. The molecule has 4 aromatic rings. The lowest BCUT2D eigenvalue weighted by molar-refractivity contribution is 0.0729. The fraction of sp³-hybridized carbons (Fsp3) is 0.200. The second-order valence-electron chi connectivity index (χ2n) is 8.19. The number of ketones is 1. The van der Waals surface area contributed by atoms with E-state index in [9.17, 15) is 9.59 Å². The Balaban J connectivity index is 1.57. The van der Waals surface area contributed by atoms with Gasteiger partial charge in [-0.15, -0.1) is 0 Å². The van der Waals surface area contributed by atoms with Crippen LogP contribution in [0.2, 0.25) is 0 Å². The Kier molecular flexibility index (Phi) is 8.01. The van der Waals surface area contributed by atoms with Crippen LogP contribution in [-0.4, -0.2) is 39.7 Å². The van der Waals surface area contributed by atoms with Crippen LogP contribution < -0.4 is 23.7 Å². The number of hydrogen-bond acceptors (Lipinski definition) is 8. The van der Waals surface area contributed by atoms with Crippen molar-refractivity contribution in [2.75, 3.05) is 27.9 Å². The van der Waals surface area contributed by atoms with Gasteiger partial charge in [0.25, 0.3) is 0 Å². The highest BCUT2D eigenvalue weighted by molar-refractivity contribution is 6.09. The molecule has 0 radical (unpaired) electrons. The van der Waals surface area contributed by atoms with Crippen LogP contribution in [0, 0.1) is 6.92 Å². The topological polar surface area (TPSA) is 93.4 Å². The van der Waals surface area contributed by atoms with E-state index in [1.54, 1.807) is 67.6 Å². The number of rotatable bonds is 10. The third kappa shape index (κ3) is 5.49. The van der Waals surface area contributed by atoms with Crippen molar-refractivity contribution in [2.24, 2.45) is 0 Å². The summed E-state index contributed by atoms with van der Waals surface area (Å²) in [7, 11) is 4.50. The van der Waals surface area contributed by atoms with E-state index in [4.69, 9.17) is 28.1 Å². The van der Waals surface area contributed by atoms with Crippen LogP contribution in [0.5, 0.6) is 28.7 Å². The molecule has 0 aliphatic rings. The molecule has 0 saturated heterocycles. The first kappa shape index (κ1) is 26.3. The summed E-state index contributed by atoms with van der Waals surface area (Å²) in [6.07, 6.45) is 3.06. The quantitative estimate of drug-likeness (QED) is 0.105. The predicted molar refractivity (Wildman–Crippen MR) is 143 cm³/mol. The van der Waals surface area contributed by atoms with Gasteiger partial charge in [0, 0.05) is 5.39 Å². The molecule has 3 aromatic carbocycles. The van der Waals surface area contributed by atoms with Crippen molar-refractivity contribution in [2.45, 2.75) is 13.8 Å². The monoisotopic (exact) mass is 516 g/mol.